The molecule has 0 aliphatic heterocycles. The molecule has 0 spiro atoms. The molecule has 1 unspecified atom stereocenters. The monoisotopic (exact) mass is 342 g/mol. The molecule has 23 heavy (non-hydrogen) atoms. The van der Waals surface area contributed by atoms with E-state index in [0.29, 0.717) is 12.8 Å². The van der Waals surface area contributed by atoms with Gasteiger partial charge in [0.25, 0.3) is 0 Å². The lowest BCUT2D eigenvalue weighted by molar-refractivity contribution is 0.253. The van der Waals surface area contributed by atoms with E-state index in [1.54, 1.807) is 0 Å². The summed E-state index contributed by atoms with van der Waals surface area (Å²) < 4.78 is 26.1. The fourth-order valence-corrected chi connectivity index (χ4v) is 6.02. The van der Waals surface area contributed by atoms with Gasteiger partial charge in [-0.05, 0) is 31.6 Å². The second-order valence-electron chi connectivity index (χ2n) is 6.44. The molecule has 2 amide bonds. The first-order valence-corrected chi connectivity index (χ1v) is 10.1. The first kappa shape index (κ1) is 18.2. The van der Waals surface area contributed by atoms with Gasteiger partial charge in [-0.1, -0.05) is 48.8 Å². The standard InChI is InChI=1S/C15H26N4O3S/c1-16-18-15(20)19-17-14(12-8-4-2-5-9-12)23(21,22)13-10-6-3-7-11-13/h12-14H,2-11H2,1H3. The van der Waals surface area contributed by atoms with Gasteiger partial charge in [-0.25, -0.2) is 13.2 Å². The summed E-state index contributed by atoms with van der Waals surface area (Å²) in [5, 5.41) is 12.8. The lowest BCUT2D eigenvalue weighted by Crippen LogP contribution is -2.37. The van der Waals surface area contributed by atoms with Crippen LogP contribution in [0.4, 0.5) is 4.79 Å². The maximum absolute atomic E-state index is 13.0. The van der Waals surface area contributed by atoms with Crippen molar-refractivity contribution in [2.24, 2.45) is 26.4 Å². The van der Waals surface area contributed by atoms with Crippen LogP contribution in [0.2, 0.25) is 0 Å². The maximum atomic E-state index is 13.0. The van der Waals surface area contributed by atoms with Crippen LogP contribution >= 0.6 is 0 Å². The number of hydrogen-bond acceptors (Lipinski definition) is 5. The lowest BCUT2D eigenvalue weighted by Gasteiger charge is -2.31. The average molecular weight is 342 g/mol. The largest absolute Gasteiger partial charge is 0.403 e. The van der Waals surface area contributed by atoms with Crippen LogP contribution in [0, 0.1) is 5.92 Å². The third-order valence-corrected chi connectivity index (χ3v) is 7.40. The molecule has 2 fully saturated rings. The molecule has 2 saturated carbocycles. The van der Waals surface area contributed by atoms with Crippen LogP contribution in [-0.4, -0.2) is 32.1 Å². The first-order chi connectivity index (χ1) is 11.1. The molecule has 0 bridgehead atoms. The van der Waals surface area contributed by atoms with Crippen LogP contribution in [0.3, 0.4) is 0 Å². The summed E-state index contributed by atoms with van der Waals surface area (Å²) in [5.41, 5.74) is 0. The molecule has 2 aliphatic rings. The molecule has 0 aromatic heterocycles. The van der Waals surface area contributed by atoms with Crippen LogP contribution in [0.15, 0.2) is 20.5 Å². The van der Waals surface area contributed by atoms with Crippen LogP contribution in [-0.2, 0) is 9.84 Å². The number of carbonyl (C=O) groups excluding carboxylic acids is 1. The van der Waals surface area contributed by atoms with Crippen molar-refractivity contribution in [2.45, 2.75) is 74.8 Å². The highest BCUT2D eigenvalue weighted by molar-refractivity contribution is 7.92. The predicted molar refractivity (Wildman–Crippen MR) is 87.2 cm³/mol. The Balaban J connectivity index is 2.22. The number of urea groups is 1. The van der Waals surface area contributed by atoms with Gasteiger partial charge in [0.2, 0.25) is 0 Å². The molecule has 8 heteroatoms. The van der Waals surface area contributed by atoms with Crippen LogP contribution in [0.5, 0.6) is 0 Å². The van der Waals surface area contributed by atoms with Crippen LogP contribution < -0.4 is 0 Å². The Morgan fingerprint density at radius 1 is 0.913 bits per heavy atom. The summed E-state index contributed by atoms with van der Waals surface area (Å²) >= 11 is 0. The minimum absolute atomic E-state index is 0.0363. The molecule has 1 atom stereocenters. The number of sulfone groups is 1. The van der Waals surface area contributed by atoms with Crippen molar-refractivity contribution >= 4 is 15.9 Å². The van der Waals surface area contributed by atoms with Gasteiger partial charge in [0.15, 0.2) is 15.2 Å². The third-order valence-electron chi connectivity index (χ3n) is 4.85. The van der Waals surface area contributed by atoms with Gasteiger partial charge >= 0.3 is 6.03 Å². The Morgan fingerprint density at radius 3 is 2.04 bits per heavy atom. The van der Waals surface area contributed by atoms with Crippen molar-refractivity contribution in [3.63, 3.8) is 0 Å². The molecule has 0 aromatic carbocycles. The van der Waals surface area contributed by atoms with Gasteiger partial charge in [-0.3, -0.25) is 0 Å². The Labute approximate surface area is 138 Å². The van der Waals surface area contributed by atoms with Gasteiger partial charge in [0.1, 0.15) is 0 Å². The molecule has 0 saturated heterocycles. The number of hydrogen-bond donors (Lipinski definition) is 0. The molecular formula is C15H26N4O3S. The van der Waals surface area contributed by atoms with Gasteiger partial charge in [0, 0.05) is 7.05 Å². The van der Waals surface area contributed by atoms with Crippen molar-refractivity contribution < 1.29 is 13.2 Å². The van der Waals surface area contributed by atoms with E-state index in [-0.39, 0.29) is 11.2 Å². The molecular weight excluding hydrogens is 316 g/mol. The highest BCUT2D eigenvalue weighted by Crippen LogP contribution is 2.35. The van der Waals surface area contributed by atoms with E-state index >= 15 is 0 Å². The van der Waals surface area contributed by atoms with Gasteiger partial charge < -0.3 is 0 Å². The van der Waals surface area contributed by atoms with Crippen molar-refractivity contribution in [2.75, 3.05) is 7.05 Å². The maximum Gasteiger partial charge on any atom is 0.403 e. The average Bonchev–Trinajstić information content (AvgIpc) is 2.57. The Morgan fingerprint density at radius 2 is 1.48 bits per heavy atom. The summed E-state index contributed by atoms with van der Waals surface area (Å²) in [6.07, 6.45) is 9.21. The fraction of sp³-hybridized carbons (Fsp3) is 0.933. The van der Waals surface area contributed by atoms with E-state index in [1.165, 1.54) is 7.05 Å². The normalized spacial score (nSPS) is 23.5. The first-order valence-electron chi connectivity index (χ1n) is 8.53. The number of rotatable bonds is 4. The zero-order valence-corrected chi connectivity index (χ0v) is 14.5. The number of nitrogens with zero attached hydrogens (tertiary/aromatic N) is 4. The Kier molecular flexibility index (Phi) is 6.80. The summed E-state index contributed by atoms with van der Waals surface area (Å²) in [6.45, 7) is 0. The van der Waals surface area contributed by atoms with E-state index in [2.05, 4.69) is 20.5 Å². The second-order valence-corrected chi connectivity index (χ2v) is 8.76. The van der Waals surface area contributed by atoms with E-state index in [9.17, 15) is 13.2 Å². The lowest BCUT2D eigenvalue weighted by atomic mass is 9.89. The number of amides is 2. The van der Waals surface area contributed by atoms with Crippen molar-refractivity contribution in [3.8, 4) is 0 Å². The van der Waals surface area contributed by atoms with Gasteiger partial charge in [0.05, 0.1) is 5.25 Å². The third kappa shape index (κ3) is 4.89. The van der Waals surface area contributed by atoms with Crippen LogP contribution in [0.25, 0.3) is 0 Å². The molecule has 7 nitrogen and oxygen atoms in total. The summed E-state index contributed by atoms with van der Waals surface area (Å²) in [7, 11) is -2.05. The van der Waals surface area contributed by atoms with Gasteiger partial charge in [-0.15, -0.1) is 0 Å². The molecule has 2 rings (SSSR count). The SMILES string of the molecule is CN=NC(=O)N=NC(C1CCCCC1)S(=O)(=O)C1CCCCC1. The van der Waals surface area contributed by atoms with Gasteiger partial charge in [-0.2, -0.15) is 10.2 Å². The predicted octanol–water partition coefficient (Wildman–Crippen LogP) is 4.29. The fourth-order valence-electron chi connectivity index (χ4n) is 3.65. The second kappa shape index (κ2) is 8.61. The molecule has 0 heterocycles. The summed E-state index contributed by atoms with van der Waals surface area (Å²) in [5.74, 6) is -0.0363. The van der Waals surface area contributed by atoms with Crippen LogP contribution in [0.1, 0.15) is 64.2 Å². The van der Waals surface area contributed by atoms with Crippen molar-refractivity contribution in [3.05, 3.63) is 0 Å². The zero-order valence-electron chi connectivity index (χ0n) is 13.7. The van der Waals surface area contributed by atoms with Crippen molar-refractivity contribution in [1.82, 2.24) is 0 Å². The minimum atomic E-state index is -3.42. The highest BCUT2D eigenvalue weighted by atomic mass is 32.2. The summed E-state index contributed by atoms with van der Waals surface area (Å²) in [6, 6.07) is -0.841. The highest BCUT2D eigenvalue weighted by Gasteiger charge is 2.40. The molecule has 0 N–H and O–H groups in total. The topological polar surface area (TPSA) is 101 Å². The van der Waals surface area contributed by atoms with E-state index in [0.717, 1.165) is 51.4 Å². The zero-order chi connectivity index (χ0) is 16.7. The van der Waals surface area contributed by atoms with E-state index < -0.39 is 21.2 Å². The Hall–Kier alpha value is -1.18. The van der Waals surface area contributed by atoms with E-state index in [4.69, 9.17) is 0 Å². The molecule has 0 aromatic rings. The molecule has 0 radical (unpaired) electrons. The smallest absolute Gasteiger partial charge is 0.240 e. The summed E-state index contributed by atoms with van der Waals surface area (Å²) in [4.78, 5) is 11.4. The number of azo groups is 2. The quantitative estimate of drug-likeness (QED) is 0.712. The number of carbonyl (C=O) groups is 1. The molecule has 130 valence electrons. The molecule has 2 aliphatic carbocycles. The Bertz CT molecular complexity index is 547. The van der Waals surface area contributed by atoms with Crippen molar-refractivity contribution in [1.29, 1.82) is 0 Å². The van der Waals surface area contributed by atoms with E-state index in [1.807, 2.05) is 0 Å². The minimum Gasteiger partial charge on any atom is -0.240 e.